The lowest BCUT2D eigenvalue weighted by Gasteiger charge is -2.17. The maximum absolute atomic E-state index is 12.9. The molecule has 182 valence electrons. The molecule has 1 unspecified atom stereocenters. The van der Waals surface area contributed by atoms with Crippen LogP contribution in [0.25, 0.3) is 11.0 Å². The first kappa shape index (κ1) is 24.1. The number of aromatic nitrogens is 2. The van der Waals surface area contributed by atoms with Gasteiger partial charge < -0.3 is 24.1 Å². The highest BCUT2D eigenvalue weighted by Gasteiger charge is 2.19. The van der Waals surface area contributed by atoms with Crippen LogP contribution >= 0.6 is 0 Å². The van der Waals surface area contributed by atoms with Crippen molar-refractivity contribution < 1.29 is 19.0 Å². The number of carbonyl (C=O) groups is 1. The molecular weight excluding hydrogens is 442 g/mol. The normalized spacial score (nSPS) is 11.7. The summed E-state index contributed by atoms with van der Waals surface area (Å²) in [5.74, 6) is 2.83. The van der Waals surface area contributed by atoms with E-state index in [9.17, 15) is 4.79 Å². The van der Waals surface area contributed by atoms with E-state index in [0.29, 0.717) is 18.1 Å². The van der Waals surface area contributed by atoms with E-state index >= 15 is 0 Å². The van der Waals surface area contributed by atoms with E-state index in [1.807, 2.05) is 73.7 Å². The number of aryl methyl sites for hydroxylation is 1. The van der Waals surface area contributed by atoms with Gasteiger partial charge in [-0.25, -0.2) is 4.98 Å². The van der Waals surface area contributed by atoms with Crippen LogP contribution < -0.4 is 19.5 Å². The average molecular weight is 474 g/mol. The minimum atomic E-state index is -0.259. The van der Waals surface area contributed by atoms with Crippen LogP contribution in [0.5, 0.6) is 17.2 Å². The summed E-state index contributed by atoms with van der Waals surface area (Å²) in [7, 11) is 3.17. The second kappa shape index (κ2) is 11.4. The van der Waals surface area contributed by atoms with Crippen LogP contribution in [0.4, 0.5) is 0 Å². The first-order valence-electron chi connectivity index (χ1n) is 11.7. The molecule has 4 rings (SSSR count). The van der Waals surface area contributed by atoms with E-state index in [0.717, 1.165) is 41.1 Å². The van der Waals surface area contributed by atoms with Crippen LogP contribution in [0, 0.1) is 0 Å². The Kier molecular flexibility index (Phi) is 7.88. The van der Waals surface area contributed by atoms with Crippen LogP contribution in [0.2, 0.25) is 0 Å². The number of methoxy groups -OCH3 is 2. The van der Waals surface area contributed by atoms with Gasteiger partial charge in [0.05, 0.1) is 44.3 Å². The maximum Gasteiger partial charge on any atom is 0.224 e. The molecule has 4 aromatic rings. The second-order valence-electron chi connectivity index (χ2n) is 8.28. The van der Waals surface area contributed by atoms with Gasteiger partial charge in [-0.1, -0.05) is 36.4 Å². The van der Waals surface area contributed by atoms with Crippen molar-refractivity contribution >= 4 is 16.9 Å². The molecule has 0 spiro atoms. The highest BCUT2D eigenvalue weighted by atomic mass is 16.5. The smallest absolute Gasteiger partial charge is 0.224 e. The third-order valence-electron chi connectivity index (χ3n) is 5.80. The van der Waals surface area contributed by atoms with Gasteiger partial charge in [-0.3, -0.25) is 4.79 Å². The Hall–Kier alpha value is -4.00. The number of imidazole rings is 1. The zero-order valence-electron chi connectivity index (χ0n) is 20.4. The Balaban J connectivity index is 1.43. The lowest BCUT2D eigenvalue weighted by Crippen LogP contribution is -2.30. The molecule has 0 aliphatic heterocycles. The number of amides is 1. The van der Waals surface area contributed by atoms with Gasteiger partial charge in [0, 0.05) is 6.54 Å². The number of carbonyl (C=O) groups excluding carboxylic acids is 1. The van der Waals surface area contributed by atoms with Crippen molar-refractivity contribution in [1.29, 1.82) is 0 Å². The number of rotatable bonds is 11. The topological polar surface area (TPSA) is 74.6 Å². The summed E-state index contributed by atoms with van der Waals surface area (Å²) in [5.41, 5.74) is 2.80. The molecule has 0 aliphatic rings. The van der Waals surface area contributed by atoms with E-state index in [2.05, 4.69) is 16.0 Å². The Labute approximate surface area is 205 Å². The lowest BCUT2D eigenvalue weighted by atomic mass is 10.1. The Bertz CT molecular complexity index is 1270. The molecule has 3 aromatic carbocycles. The highest BCUT2D eigenvalue weighted by Crippen LogP contribution is 2.28. The molecule has 0 radical (unpaired) electrons. The Morgan fingerprint density at radius 2 is 1.71 bits per heavy atom. The number of benzene rings is 3. The average Bonchev–Trinajstić information content (AvgIpc) is 3.26. The molecule has 1 heterocycles. The molecule has 1 aromatic heterocycles. The number of para-hydroxylation sites is 3. The first-order chi connectivity index (χ1) is 17.1. The van der Waals surface area contributed by atoms with Gasteiger partial charge in [0.2, 0.25) is 5.91 Å². The van der Waals surface area contributed by atoms with E-state index in [1.54, 1.807) is 14.2 Å². The minimum absolute atomic E-state index is 0.0873. The van der Waals surface area contributed by atoms with Gasteiger partial charge in [0.15, 0.2) is 11.5 Å². The van der Waals surface area contributed by atoms with Crippen molar-refractivity contribution in [2.75, 3.05) is 20.8 Å². The minimum Gasteiger partial charge on any atom is -0.494 e. The number of ether oxygens (including phenoxy) is 3. The van der Waals surface area contributed by atoms with Gasteiger partial charge in [-0.05, 0) is 55.3 Å². The predicted molar refractivity (Wildman–Crippen MR) is 136 cm³/mol. The maximum atomic E-state index is 12.9. The first-order valence-corrected chi connectivity index (χ1v) is 11.7. The third-order valence-corrected chi connectivity index (χ3v) is 5.80. The molecule has 35 heavy (non-hydrogen) atoms. The van der Waals surface area contributed by atoms with Gasteiger partial charge >= 0.3 is 0 Å². The standard InChI is InChI=1S/C28H31N3O4/c1-20(29-27(32)19-21-14-15-25(33-2)26(18-21)34-3)28-30-23-12-7-8-13-24(23)31(28)16-9-17-35-22-10-5-4-6-11-22/h4-8,10-15,18,20H,9,16-17,19H2,1-3H3,(H,29,32). The molecule has 1 amide bonds. The Morgan fingerprint density at radius 3 is 2.49 bits per heavy atom. The van der Waals surface area contributed by atoms with Crippen molar-refractivity contribution in [3.05, 3.63) is 84.2 Å². The summed E-state index contributed by atoms with van der Waals surface area (Å²) < 4.78 is 18.7. The second-order valence-corrected chi connectivity index (χ2v) is 8.28. The van der Waals surface area contributed by atoms with Gasteiger partial charge in [0.25, 0.3) is 0 Å². The van der Waals surface area contributed by atoms with Crippen molar-refractivity contribution in [3.8, 4) is 17.2 Å². The van der Waals surface area contributed by atoms with Crippen LogP contribution in [-0.4, -0.2) is 36.3 Å². The fourth-order valence-electron chi connectivity index (χ4n) is 4.12. The van der Waals surface area contributed by atoms with Crippen LogP contribution in [-0.2, 0) is 17.8 Å². The number of nitrogens with one attached hydrogen (secondary N) is 1. The zero-order valence-corrected chi connectivity index (χ0v) is 20.4. The molecular formula is C28H31N3O4. The summed E-state index contributed by atoms with van der Waals surface area (Å²) in [6.07, 6.45) is 1.05. The van der Waals surface area contributed by atoms with Crippen molar-refractivity contribution in [3.63, 3.8) is 0 Å². The SMILES string of the molecule is COc1ccc(CC(=O)NC(C)c2nc3ccccc3n2CCCOc2ccccc2)cc1OC. The lowest BCUT2D eigenvalue weighted by molar-refractivity contribution is -0.121. The van der Waals surface area contributed by atoms with Crippen molar-refractivity contribution in [2.24, 2.45) is 0 Å². The Morgan fingerprint density at radius 1 is 0.971 bits per heavy atom. The fourth-order valence-corrected chi connectivity index (χ4v) is 4.12. The van der Waals surface area contributed by atoms with Crippen molar-refractivity contribution in [1.82, 2.24) is 14.9 Å². The van der Waals surface area contributed by atoms with E-state index < -0.39 is 0 Å². The molecule has 1 N–H and O–H groups in total. The summed E-state index contributed by atoms with van der Waals surface area (Å²) in [4.78, 5) is 17.7. The van der Waals surface area contributed by atoms with Crippen LogP contribution in [0.3, 0.4) is 0 Å². The molecule has 7 nitrogen and oxygen atoms in total. The predicted octanol–water partition coefficient (Wildman–Crippen LogP) is 4.94. The molecule has 0 bridgehead atoms. The number of nitrogens with zero attached hydrogens (tertiary/aromatic N) is 2. The monoisotopic (exact) mass is 473 g/mol. The van der Waals surface area contributed by atoms with E-state index in [4.69, 9.17) is 19.2 Å². The molecule has 0 fully saturated rings. The van der Waals surface area contributed by atoms with Gasteiger partial charge in [-0.15, -0.1) is 0 Å². The van der Waals surface area contributed by atoms with Gasteiger partial charge in [-0.2, -0.15) is 0 Å². The zero-order chi connectivity index (χ0) is 24.6. The highest BCUT2D eigenvalue weighted by molar-refractivity contribution is 5.80. The fraction of sp³-hybridized carbons (Fsp3) is 0.286. The largest absolute Gasteiger partial charge is 0.494 e. The molecule has 0 aliphatic carbocycles. The molecule has 0 saturated heterocycles. The summed E-state index contributed by atoms with van der Waals surface area (Å²) in [5, 5.41) is 3.10. The van der Waals surface area contributed by atoms with Crippen molar-refractivity contribution in [2.45, 2.75) is 32.4 Å². The molecule has 7 heteroatoms. The summed E-state index contributed by atoms with van der Waals surface area (Å²) in [6.45, 7) is 3.29. The third kappa shape index (κ3) is 5.93. The number of fused-ring (bicyclic) bond motifs is 1. The quantitative estimate of drug-likeness (QED) is 0.312. The van der Waals surface area contributed by atoms with E-state index in [-0.39, 0.29) is 18.4 Å². The summed E-state index contributed by atoms with van der Waals surface area (Å²) in [6, 6.07) is 23.1. The molecule has 0 saturated carbocycles. The van der Waals surface area contributed by atoms with Gasteiger partial charge in [0.1, 0.15) is 11.6 Å². The summed E-state index contributed by atoms with van der Waals surface area (Å²) >= 11 is 0. The van der Waals surface area contributed by atoms with E-state index in [1.165, 1.54) is 0 Å². The van der Waals surface area contributed by atoms with Crippen LogP contribution in [0.15, 0.2) is 72.8 Å². The number of hydrogen-bond donors (Lipinski definition) is 1. The molecule has 1 atom stereocenters. The number of hydrogen-bond acceptors (Lipinski definition) is 5. The van der Waals surface area contributed by atoms with Crippen LogP contribution in [0.1, 0.15) is 30.8 Å².